The van der Waals surface area contributed by atoms with Crippen LogP contribution in [0.4, 0.5) is 0 Å². The van der Waals surface area contributed by atoms with Gasteiger partial charge < -0.3 is 14.3 Å². The van der Waals surface area contributed by atoms with Crippen molar-refractivity contribution >= 4 is 11.0 Å². The first-order valence-electron chi connectivity index (χ1n) is 10.3. The van der Waals surface area contributed by atoms with Gasteiger partial charge in [0.1, 0.15) is 11.3 Å². The Labute approximate surface area is 166 Å². The predicted octanol–water partition coefficient (Wildman–Crippen LogP) is 4.94. The lowest BCUT2D eigenvalue weighted by molar-refractivity contribution is -0.0993. The molecule has 4 nitrogen and oxygen atoms in total. The fourth-order valence-corrected chi connectivity index (χ4v) is 5.63. The Balaban J connectivity index is 1.49. The van der Waals surface area contributed by atoms with Crippen molar-refractivity contribution in [2.75, 3.05) is 6.61 Å². The quantitative estimate of drug-likeness (QED) is 0.603. The Hall–Kier alpha value is -2.07. The van der Waals surface area contributed by atoms with E-state index < -0.39 is 0 Å². The third-order valence-corrected chi connectivity index (χ3v) is 7.54. The zero-order valence-electron chi connectivity index (χ0n) is 17.0. The van der Waals surface area contributed by atoms with Crippen LogP contribution in [0.2, 0.25) is 0 Å². The Morgan fingerprint density at radius 3 is 2.71 bits per heavy atom. The first kappa shape index (κ1) is 19.3. The van der Waals surface area contributed by atoms with Crippen LogP contribution in [-0.2, 0) is 0 Å². The van der Waals surface area contributed by atoms with E-state index in [4.69, 9.17) is 9.15 Å². The Morgan fingerprint density at radius 1 is 1.18 bits per heavy atom. The molecule has 2 saturated carbocycles. The second-order valence-corrected chi connectivity index (χ2v) is 9.41. The topological polar surface area (TPSA) is 59.7 Å². The molecule has 4 atom stereocenters. The molecule has 1 N–H and O–H groups in total. The summed E-state index contributed by atoms with van der Waals surface area (Å²) in [5, 5.41) is 11.4. The Morgan fingerprint density at radius 2 is 1.93 bits per heavy atom. The summed E-state index contributed by atoms with van der Waals surface area (Å²) in [4.78, 5) is 11.5. The van der Waals surface area contributed by atoms with Gasteiger partial charge in [0.2, 0.25) is 0 Å². The van der Waals surface area contributed by atoms with Gasteiger partial charge in [0.25, 0.3) is 0 Å². The van der Waals surface area contributed by atoms with E-state index in [-0.39, 0.29) is 22.6 Å². The standard InChI is InChI=1S/C24H30O4/c1-15-17(6-9-20-23(2,3)21(25)11-12-24(15,20)4)14-27-18-8-5-16-7-10-22(26)28-19(16)13-18/h5,7-8,10,13,17,20-21,25H,1,6,9,11-12,14H2,2-4H3. The molecule has 1 heterocycles. The van der Waals surface area contributed by atoms with Crippen molar-refractivity contribution in [1.82, 2.24) is 0 Å². The van der Waals surface area contributed by atoms with E-state index in [1.807, 2.05) is 12.1 Å². The number of hydrogen-bond donors (Lipinski definition) is 1. The highest BCUT2D eigenvalue weighted by atomic mass is 16.5. The normalized spacial score (nSPS) is 32.1. The van der Waals surface area contributed by atoms with E-state index in [2.05, 4.69) is 27.4 Å². The highest BCUT2D eigenvalue weighted by Crippen LogP contribution is 2.60. The first-order valence-corrected chi connectivity index (χ1v) is 10.3. The number of fused-ring (bicyclic) bond motifs is 2. The monoisotopic (exact) mass is 382 g/mol. The minimum absolute atomic E-state index is 0.0468. The van der Waals surface area contributed by atoms with Crippen LogP contribution in [0.1, 0.15) is 46.5 Å². The molecule has 2 aliphatic carbocycles. The lowest BCUT2D eigenvalue weighted by Gasteiger charge is -2.58. The predicted molar refractivity (Wildman–Crippen MR) is 110 cm³/mol. The van der Waals surface area contributed by atoms with Gasteiger partial charge in [-0.3, -0.25) is 0 Å². The van der Waals surface area contributed by atoms with E-state index in [0.29, 0.717) is 29.8 Å². The summed E-state index contributed by atoms with van der Waals surface area (Å²) >= 11 is 0. The van der Waals surface area contributed by atoms with Gasteiger partial charge in [-0.2, -0.15) is 0 Å². The summed E-state index contributed by atoms with van der Waals surface area (Å²) in [5.41, 5.74) is 1.41. The number of aliphatic hydroxyl groups is 1. The maximum Gasteiger partial charge on any atom is 0.336 e. The summed E-state index contributed by atoms with van der Waals surface area (Å²) in [5.74, 6) is 1.45. The molecule has 0 radical (unpaired) electrons. The van der Waals surface area contributed by atoms with Crippen LogP contribution in [0.25, 0.3) is 11.0 Å². The van der Waals surface area contributed by atoms with Crippen LogP contribution in [0, 0.1) is 22.7 Å². The molecule has 0 spiro atoms. The first-order chi connectivity index (χ1) is 13.2. The second-order valence-electron chi connectivity index (χ2n) is 9.41. The molecule has 1 aromatic carbocycles. The molecule has 0 amide bonds. The van der Waals surface area contributed by atoms with Gasteiger partial charge in [0.05, 0.1) is 12.7 Å². The van der Waals surface area contributed by atoms with Crippen molar-refractivity contribution < 1.29 is 14.3 Å². The molecular formula is C24H30O4. The van der Waals surface area contributed by atoms with Crippen molar-refractivity contribution in [3.05, 3.63) is 52.9 Å². The number of benzene rings is 1. The molecule has 0 bridgehead atoms. The average molecular weight is 383 g/mol. The van der Waals surface area contributed by atoms with Crippen molar-refractivity contribution in [2.45, 2.75) is 52.6 Å². The SMILES string of the molecule is C=C1C(COc2ccc3ccc(=O)oc3c2)CCC2C1(C)CCC(O)C2(C)C. The molecule has 0 saturated heterocycles. The highest BCUT2D eigenvalue weighted by Gasteiger charge is 2.54. The van der Waals surface area contributed by atoms with E-state index >= 15 is 0 Å². The molecule has 1 aromatic heterocycles. The fourth-order valence-electron chi connectivity index (χ4n) is 5.63. The van der Waals surface area contributed by atoms with Gasteiger partial charge in [-0.1, -0.05) is 32.9 Å². The largest absolute Gasteiger partial charge is 0.493 e. The van der Waals surface area contributed by atoms with E-state index in [1.54, 1.807) is 12.1 Å². The Bertz CT molecular complexity index is 956. The second kappa shape index (κ2) is 6.77. The van der Waals surface area contributed by atoms with E-state index in [1.165, 1.54) is 11.6 Å². The van der Waals surface area contributed by atoms with Crippen molar-refractivity contribution in [3.63, 3.8) is 0 Å². The molecule has 2 aliphatic rings. The molecule has 2 fully saturated rings. The van der Waals surface area contributed by atoms with Gasteiger partial charge in [0.15, 0.2) is 0 Å². The van der Waals surface area contributed by atoms with E-state index in [9.17, 15) is 9.90 Å². The molecule has 150 valence electrons. The minimum Gasteiger partial charge on any atom is -0.493 e. The molecule has 4 heteroatoms. The van der Waals surface area contributed by atoms with Crippen LogP contribution in [-0.4, -0.2) is 17.8 Å². The van der Waals surface area contributed by atoms with Gasteiger partial charge in [0, 0.05) is 23.4 Å². The fraction of sp³-hybridized carbons (Fsp3) is 0.542. The lowest BCUT2D eigenvalue weighted by atomic mass is 9.48. The van der Waals surface area contributed by atoms with Gasteiger partial charge in [-0.05, 0) is 60.6 Å². The number of rotatable bonds is 3. The van der Waals surface area contributed by atoms with Crippen LogP contribution in [0.5, 0.6) is 5.75 Å². The van der Waals surface area contributed by atoms with Crippen LogP contribution in [0.15, 0.2) is 51.7 Å². The van der Waals surface area contributed by atoms with Crippen molar-refractivity contribution in [1.29, 1.82) is 0 Å². The summed E-state index contributed by atoms with van der Waals surface area (Å²) < 4.78 is 11.3. The molecule has 28 heavy (non-hydrogen) atoms. The summed E-state index contributed by atoms with van der Waals surface area (Å²) in [7, 11) is 0. The van der Waals surface area contributed by atoms with Crippen LogP contribution in [0.3, 0.4) is 0 Å². The lowest BCUT2D eigenvalue weighted by Crippen LogP contribution is -2.53. The molecular weight excluding hydrogens is 352 g/mol. The minimum atomic E-state index is -0.355. The Kier molecular flexibility index (Phi) is 4.65. The summed E-state index contributed by atoms with van der Waals surface area (Å²) in [6.07, 6.45) is 3.69. The number of ether oxygens (including phenoxy) is 1. The van der Waals surface area contributed by atoms with Crippen LogP contribution < -0.4 is 10.4 Å². The summed E-state index contributed by atoms with van der Waals surface area (Å²) in [6.45, 7) is 11.8. The molecule has 0 aliphatic heterocycles. The summed E-state index contributed by atoms with van der Waals surface area (Å²) in [6, 6.07) is 8.79. The van der Waals surface area contributed by atoms with Gasteiger partial charge in [-0.25, -0.2) is 4.79 Å². The van der Waals surface area contributed by atoms with Crippen molar-refractivity contribution in [3.8, 4) is 5.75 Å². The van der Waals surface area contributed by atoms with Crippen molar-refractivity contribution in [2.24, 2.45) is 22.7 Å². The zero-order chi connectivity index (χ0) is 20.1. The van der Waals surface area contributed by atoms with Crippen LogP contribution >= 0.6 is 0 Å². The average Bonchev–Trinajstić information content (AvgIpc) is 2.65. The molecule has 4 rings (SSSR count). The van der Waals surface area contributed by atoms with E-state index in [0.717, 1.165) is 31.1 Å². The maximum atomic E-state index is 11.5. The van der Waals surface area contributed by atoms with Gasteiger partial charge in [-0.15, -0.1) is 0 Å². The molecule has 4 unspecified atom stereocenters. The smallest absolute Gasteiger partial charge is 0.336 e. The third kappa shape index (κ3) is 3.08. The number of hydrogen-bond acceptors (Lipinski definition) is 4. The zero-order valence-corrected chi connectivity index (χ0v) is 17.0. The van der Waals surface area contributed by atoms with Gasteiger partial charge >= 0.3 is 5.63 Å². The maximum absolute atomic E-state index is 11.5. The third-order valence-electron chi connectivity index (χ3n) is 7.54. The number of aliphatic hydroxyl groups excluding tert-OH is 1. The highest BCUT2D eigenvalue weighted by molar-refractivity contribution is 5.77. The molecule has 2 aromatic rings.